The standard InChI is InChI=1S/C21H20N4O4/c1-2-3-12-25-20(27)17-7-5-4-6-16(17)18(24-25)19(26)23-22-13-14-8-10-15(11-9-14)21(28)29/h4-11,13H,2-3,12H2,1H3,(H,23,26)(H,28,29)/b22-13-. The number of rotatable bonds is 7. The second kappa shape index (κ2) is 8.92. The summed E-state index contributed by atoms with van der Waals surface area (Å²) in [7, 11) is 0. The molecule has 8 nitrogen and oxygen atoms in total. The summed E-state index contributed by atoms with van der Waals surface area (Å²) in [5.74, 6) is -1.55. The van der Waals surface area contributed by atoms with Gasteiger partial charge in [-0.05, 0) is 30.2 Å². The third kappa shape index (κ3) is 4.55. The van der Waals surface area contributed by atoms with Gasteiger partial charge < -0.3 is 5.11 Å². The summed E-state index contributed by atoms with van der Waals surface area (Å²) in [5.41, 5.74) is 3.10. The highest BCUT2D eigenvalue weighted by Gasteiger charge is 2.16. The monoisotopic (exact) mass is 392 g/mol. The summed E-state index contributed by atoms with van der Waals surface area (Å²) in [6, 6.07) is 12.9. The van der Waals surface area contributed by atoms with Gasteiger partial charge >= 0.3 is 5.97 Å². The normalized spacial score (nSPS) is 11.1. The van der Waals surface area contributed by atoms with Crippen LogP contribution >= 0.6 is 0 Å². The molecular weight excluding hydrogens is 372 g/mol. The van der Waals surface area contributed by atoms with Crippen LogP contribution < -0.4 is 11.0 Å². The smallest absolute Gasteiger partial charge is 0.335 e. The van der Waals surface area contributed by atoms with E-state index in [0.717, 1.165) is 12.8 Å². The lowest BCUT2D eigenvalue weighted by atomic mass is 10.1. The van der Waals surface area contributed by atoms with Crippen LogP contribution in [0.1, 0.15) is 46.2 Å². The number of aryl methyl sites for hydroxylation is 1. The summed E-state index contributed by atoms with van der Waals surface area (Å²) in [6.45, 7) is 2.44. The van der Waals surface area contributed by atoms with Gasteiger partial charge in [0.05, 0.1) is 17.2 Å². The molecule has 0 atom stereocenters. The molecule has 8 heteroatoms. The van der Waals surface area contributed by atoms with Gasteiger partial charge in [0.15, 0.2) is 5.69 Å². The summed E-state index contributed by atoms with van der Waals surface area (Å²) in [4.78, 5) is 36.1. The van der Waals surface area contributed by atoms with Gasteiger partial charge in [-0.1, -0.05) is 43.7 Å². The topological polar surface area (TPSA) is 114 Å². The van der Waals surface area contributed by atoms with Crippen LogP contribution in [0.5, 0.6) is 0 Å². The quantitative estimate of drug-likeness (QED) is 0.474. The molecule has 0 bridgehead atoms. The van der Waals surface area contributed by atoms with Gasteiger partial charge in [0, 0.05) is 11.9 Å². The molecule has 0 aliphatic heterocycles. The minimum absolute atomic E-state index is 0.120. The molecule has 0 radical (unpaired) electrons. The molecule has 0 spiro atoms. The minimum Gasteiger partial charge on any atom is -0.478 e. The van der Waals surface area contributed by atoms with Crippen molar-refractivity contribution in [1.29, 1.82) is 0 Å². The number of aromatic nitrogens is 2. The largest absolute Gasteiger partial charge is 0.478 e. The zero-order chi connectivity index (χ0) is 20.8. The van der Waals surface area contributed by atoms with Crippen molar-refractivity contribution in [3.05, 3.63) is 75.7 Å². The number of hydrogen-bond donors (Lipinski definition) is 2. The zero-order valence-electron chi connectivity index (χ0n) is 15.8. The highest BCUT2D eigenvalue weighted by atomic mass is 16.4. The molecule has 1 aromatic heterocycles. The third-order valence-electron chi connectivity index (χ3n) is 4.34. The van der Waals surface area contributed by atoms with Crippen molar-refractivity contribution in [1.82, 2.24) is 15.2 Å². The van der Waals surface area contributed by atoms with Gasteiger partial charge in [0.25, 0.3) is 11.5 Å². The van der Waals surface area contributed by atoms with Crippen molar-refractivity contribution in [2.45, 2.75) is 26.3 Å². The maximum absolute atomic E-state index is 12.6. The number of unbranched alkanes of at least 4 members (excludes halogenated alkanes) is 1. The number of aromatic carboxylic acids is 1. The van der Waals surface area contributed by atoms with Crippen molar-refractivity contribution >= 4 is 28.9 Å². The molecule has 0 fully saturated rings. The Morgan fingerprint density at radius 3 is 2.48 bits per heavy atom. The molecule has 1 amide bonds. The van der Waals surface area contributed by atoms with E-state index < -0.39 is 11.9 Å². The molecule has 0 saturated heterocycles. The van der Waals surface area contributed by atoms with E-state index in [9.17, 15) is 14.4 Å². The van der Waals surface area contributed by atoms with E-state index in [1.54, 1.807) is 36.4 Å². The molecule has 3 rings (SSSR count). The van der Waals surface area contributed by atoms with Gasteiger partial charge in [0.1, 0.15) is 0 Å². The van der Waals surface area contributed by atoms with Crippen molar-refractivity contribution in [2.24, 2.45) is 5.10 Å². The fourth-order valence-corrected chi connectivity index (χ4v) is 2.79. The fourth-order valence-electron chi connectivity index (χ4n) is 2.79. The molecular formula is C21H20N4O4. The van der Waals surface area contributed by atoms with Gasteiger partial charge in [-0.15, -0.1) is 0 Å². The second-order valence-corrected chi connectivity index (χ2v) is 6.40. The van der Waals surface area contributed by atoms with Crippen molar-refractivity contribution in [3.63, 3.8) is 0 Å². The van der Waals surface area contributed by atoms with Gasteiger partial charge in [-0.3, -0.25) is 9.59 Å². The van der Waals surface area contributed by atoms with Crippen molar-refractivity contribution in [3.8, 4) is 0 Å². The number of carboxylic acid groups (broad SMARTS) is 1. The highest BCUT2D eigenvalue weighted by Crippen LogP contribution is 2.13. The molecule has 0 unspecified atom stereocenters. The van der Waals surface area contributed by atoms with Crippen LogP contribution in [0.4, 0.5) is 0 Å². The first-order valence-electron chi connectivity index (χ1n) is 9.18. The zero-order valence-corrected chi connectivity index (χ0v) is 15.8. The summed E-state index contributed by atoms with van der Waals surface area (Å²) >= 11 is 0. The van der Waals surface area contributed by atoms with E-state index in [1.165, 1.54) is 23.0 Å². The lowest BCUT2D eigenvalue weighted by Gasteiger charge is -2.09. The Morgan fingerprint density at radius 1 is 1.14 bits per heavy atom. The van der Waals surface area contributed by atoms with E-state index in [1.807, 2.05) is 6.92 Å². The van der Waals surface area contributed by atoms with E-state index in [4.69, 9.17) is 5.11 Å². The third-order valence-corrected chi connectivity index (χ3v) is 4.34. The van der Waals surface area contributed by atoms with Gasteiger partial charge in [-0.2, -0.15) is 10.2 Å². The number of benzene rings is 2. The Kier molecular flexibility index (Phi) is 6.13. The van der Waals surface area contributed by atoms with Crippen molar-refractivity contribution in [2.75, 3.05) is 0 Å². The Morgan fingerprint density at radius 2 is 1.83 bits per heavy atom. The fraction of sp³-hybridized carbons (Fsp3) is 0.190. The molecule has 148 valence electrons. The Bertz CT molecular complexity index is 1130. The van der Waals surface area contributed by atoms with Gasteiger partial charge in [-0.25, -0.2) is 14.9 Å². The highest BCUT2D eigenvalue weighted by molar-refractivity contribution is 6.05. The number of nitrogens with one attached hydrogen (secondary N) is 1. The number of carboxylic acids is 1. The number of hydrazone groups is 1. The maximum Gasteiger partial charge on any atom is 0.335 e. The first-order valence-corrected chi connectivity index (χ1v) is 9.18. The number of amides is 1. The predicted molar refractivity (Wildman–Crippen MR) is 109 cm³/mol. The summed E-state index contributed by atoms with van der Waals surface area (Å²) in [6.07, 6.45) is 3.07. The number of carbonyl (C=O) groups excluding carboxylic acids is 1. The number of carbonyl (C=O) groups is 2. The van der Waals surface area contributed by atoms with Crippen LogP contribution in [0.3, 0.4) is 0 Å². The van der Waals surface area contributed by atoms with E-state index in [2.05, 4.69) is 15.6 Å². The molecule has 0 saturated carbocycles. The number of hydrogen-bond acceptors (Lipinski definition) is 5. The molecule has 2 aromatic carbocycles. The van der Waals surface area contributed by atoms with Crippen LogP contribution in [0.15, 0.2) is 58.4 Å². The number of fused-ring (bicyclic) bond motifs is 1. The van der Waals surface area contributed by atoms with E-state index in [-0.39, 0.29) is 16.8 Å². The average Bonchev–Trinajstić information content (AvgIpc) is 2.73. The first kappa shape index (κ1) is 19.9. The van der Waals surface area contributed by atoms with Gasteiger partial charge in [0.2, 0.25) is 0 Å². The van der Waals surface area contributed by atoms with Crippen LogP contribution in [-0.2, 0) is 6.54 Å². The van der Waals surface area contributed by atoms with Crippen molar-refractivity contribution < 1.29 is 14.7 Å². The van der Waals surface area contributed by atoms with E-state index in [0.29, 0.717) is 22.9 Å². The molecule has 0 aliphatic carbocycles. The van der Waals surface area contributed by atoms with Crippen LogP contribution in [0, 0.1) is 0 Å². The maximum atomic E-state index is 12.6. The molecule has 29 heavy (non-hydrogen) atoms. The summed E-state index contributed by atoms with van der Waals surface area (Å²) < 4.78 is 1.31. The lowest BCUT2D eigenvalue weighted by Crippen LogP contribution is -2.29. The van der Waals surface area contributed by atoms with Crippen LogP contribution in [0.25, 0.3) is 10.8 Å². The first-order chi connectivity index (χ1) is 14.0. The van der Waals surface area contributed by atoms with E-state index >= 15 is 0 Å². The number of nitrogens with zero attached hydrogens (tertiary/aromatic N) is 3. The Hall–Kier alpha value is -3.81. The van der Waals surface area contributed by atoms with Crippen LogP contribution in [0.2, 0.25) is 0 Å². The SMILES string of the molecule is CCCCn1nc(C(=O)N/N=C\c2ccc(C(=O)O)cc2)c2ccccc2c1=O. The molecule has 0 aliphatic rings. The Labute approximate surface area is 166 Å². The minimum atomic E-state index is -1.02. The second-order valence-electron chi connectivity index (χ2n) is 6.40. The predicted octanol–water partition coefficient (Wildman–Crippen LogP) is 2.66. The molecule has 3 aromatic rings. The average molecular weight is 392 g/mol. The van der Waals surface area contributed by atoms with Crippen LogP contribution in [-0.4, -0.2) is 33.0 Å². The molecule has 1 heterocycles. The Balaban J connectivity index is 1.85. The summed E-state index contributed by atoms with van der Waals surface area (Å²) in [5, 5.41) is 18.0. The lowest BCUT2D eigenvalue weighted by molar-refractivity contribution is 0.0696. The molecule has 2 N–H and O–H groups in total.